The summed E-state index contributed by atoms with van der Waals surface area (Å²) in [4.78, 5) is 1.96. The summed E-state index contributed by atoms with van der Waals surface area (Å²) in [6, 6.07) is 7.71. The first-order chi connectivity index (χ1) is 7.61. The molecule has 0 amide bonds. The smallest absolute Gasteiger partial charge is 0.0716 e. The fraction of sp³-hybridized carbons (Fsp3) is 0.417. The van der Waals surface area contributed by atoms with E-state index in [4.69, 9.17) is 16.9 Å². The Balaban J connectivity index is 3.04. The van der Waals surface area contributed by atoms with Gasteiger partial charge in [0.2, 0.25) is 0 Å². The van der Waals surface area contributed by atoms with E-state index in [1.165, 1.54) is 0 Å². The third-order valence-corrected chi connectivity index (χ3v) is 3.03. The number of benzene rings is 1. The average Bonchev–Trinajstić information content (AvgIpc) is 2.28. The van der Waals surface area contributed by atoms with Crippen LogP contribution in [-0.4, -0.2) is 18.2 Å². The highest BCUT2D eigenvalue weighted by molar-refractivity contribution is 6.31. The monoisotopic (exact) mass is 238 g/mol. The summed E-state index contributed by atoms with van der Waals surface area (Å²) in [5, 5.41) is 18.5. The van der Waals surface area contributed by atoms with E-state index >= 15 is 0 Å². The predicted octanol–water partition coefficient (Wildman–Crippen LogP) is 2.57. The lowest BCUT2D eigenvalue weighted by atomic mass is 10.1. The first-order valence-electron chi connectivity index (χ1n) is 5.09. The topological polar surface area (TPSA) is 47.3 Å². The lowest BCUT2D eigenvalue weighted by Crippen LogP contribution is -2.29. The van der Waals surface area contributed by atoms with Crippen LogP contribution in [0.15, 0.2) is 18.2 Å². The van der Waals surface area contributed by atoms with Gasteiger partial charge in [-0.25, -0.2) is 0 Å². The molecule has 1 N–H and O–H groups in total. The molecule has 1 aromatic rings. The van der Waals surface area contributed by atoms with Crippen LogP contribution >= 0.6 is 11.6 Å². The summed E-state index contributed by atoms with van der Waals surface area (Å²) in [7, 11) is 1.90. The highest BCUT2D eigenvalue weighted by Gasteiger charge is 2.14. The quantitative estimate of drug-likeness (QED) is 0.877. The Kier molecular flexibility index (Phi) is 4.60. The van der Waals surface area contributed by atoms with E-state index in [0.29, 0.717) is 17.0 Å². The van der Waals surface area contributed by atoms with Crippen LogP contribution in [0, 0.1) is 11.3 Å². The van der Waals surface area contributed by atoms with Crippen molar-refractivity contribution in [1.29, 1.82) is 5.26 Å². The molecule has 0 aliphatic heterocycles. The molecular weight excluding hydrogens is 224 g/mol. The molecule has 0 saturated heterocycles. The third kappa shape index (κ3) is 2.66. The second-order valence-corrected chi connectivity index (χ2v) is 4.12. The van der Waals surface area contributed by atoms with Crippen LogP contribution in [0.5, 0.6) is 0 Å². The molecule has 3 nitrogen and oxygen atoms in total. The van der Waals surface area contributed by atoms with Crippen molar-refractivity contribution in [3.63, 3.8) is 0 Å². The molecule has 1 aromatic carbocycles. The Morgan fingerprint density at radius 2 is 2.25 bits per heavy atom. The van der Waals surface area contributed by atoms with Gasteiger partial charge in [0.25, 0.3) is 0 Å². The van der Waals surface area contributed by atoms with Gasteiger partial charge >= 0.3 is 0 Å². The molecule has 0 bridgehead atoms. The van der Waals surface area contributed by atoms with E-state index in [9.17, 15) is 5.11 Å². The molecule has 0 aromatic heterocycles. The lowest BCUT2D eigenvalue weighted by Gasteiger charge is -2.27. The number of aliphatic hydroxyl groups excluding tert-OH is 1. The van der Waals surface area contributed by atoms with Gasteiger partial charge in [0, 0.05) is 29.4 Å². The number of rotatable bonds is 4. The molecule has 0 saturated carbocycles. The van der Waals surface area contributed by atoms with E-state index in [1.54, 1.807) is 6.07 Å². The zero-order chi connectivity index (χ0) is 12.1. The SMILES string of the molecule is CC(CC#N)N(C)c1cccc(Cl)c1CO. The number of aliphatic hydroxyl groups is 1. The van der Waals surface area contributed by atoms with Crippen molar-refractivity contribution in [3.05, 3.63) is 28.8 Å². The number of hydrogen-bond acceptors (Lipinski definition) is 3. The standard InChI is InChI=1S/C12H15ClN2O/c1-9(6-7-14)15(2)12-5-3-4-11(13)10(12)8-16/h3-5,9,16H,6,8H2,1-2H3. The van der Waals surface area contributed by atoms with Crippen molar-refractivity contribution >= 4 is 17.3 Å². The normalized spacial score (nSPS) is 11.9. The Hall–Kier alpha value is -1.24. The second-order valence-electron chi connectivity index (χ2n) is 3.72. The number of anilines is 1. The van der Waals surface area contributed by atoms with Crippen molar-refractivity contribution in [3.8, 4) is 6.07 Å². The summed E-state index contributed by atoms with van der Waals surface area (Å²) < 4.78 is 0. The highest BCUT2D eigenvalue weighted by Crippen LogP contribution is 2.28. The fourth-order valence-electron chi connectivity index (χ4n) is 1.54. The van der Waals surface area contributed by atoms with Crippen molar-refractivity contribution in [1.82, 2.24) is 0 Å². The van der Waals surface area contributed by atoms with Gasteiger partial charge in [0.15, 0.2) is 0 Å². The third-order valence-electron chi connectivity index (χ3n) is 2.68. The molecule has 0 fully saturated rings. The van der Waals surface area contributed by atoms with Crippen LogP contribution in [-0.2, 0) is 6.61 Å². The van der Waals surface area contributed by atoms with Gasteiger partial charge < -0.3 is 10.0 Å². The highest BCUT2D eigenvalue weighted by atomic mass is 35.5. The summed E-state index contributed by atoms with van der Waals surface area (Å²) >= 11 is 6.00. The van der Waals surface area contributed by atoms with Crippen LogP contribution < -0.4 is 4.90 Å². The lowest BCUT2D eigenvalue weighted by molar-refractivity contribution is 0.282. The Bertz CT molecular complexity index is 400. The maximum Gasteiger partial charge on any atom is 0.0716 e. The first-order valence-corrected chi connectivity index (χ1v) is 5.47. The summed E-state index contributed by atoms with van der Waals surface area (Å²) in [5.41, 5.74) is 1.58. The molecule has 0 heterocycles. The van der Waals surface area contributed by atoms with Crippen molar-refractivity contribution in [2.45, 2.75) is 26.0 Å². The molecule has 0 radical (unpaired) electrons. The Morgan fingerprint density at radius 3 is 2.81 bits per heavy atom. The van der Waals surface area contributed by atoms with Crippen LogP contribution in [0.3, 0.4) is 0 Å². The summed E-state index contributed by atoms with van der Waals surface area (Å²) in [5.74, 6) is 0. The van der Waals surface area contributed by atoms with Gasteiger partial charge in [0.1, 0.15) is 0 Å². The van der Waals surface area contributed by atoms with Gasteiger partial charge in [-0.05, 0) is 19.1 Å². The van der Waals surface area contributed by atoms with Gasteiger partial charge in [0.05, 0.1) is 19.1 Å². The molecule has 0 aliphatic carbocycles. The van der Waals surface area contributed by atoms with Gasteiger partial charge in [-0.15, -0.1) is 0 Å². The molecule has 16 heavy (non-hydrogen) atoms. The average molecular weight is 239 g/mol. The van der Waals surface area contributed by atoms with E-state index in [1.807, 2.05) is 31.0 Å². The largest absolute Gasteiger partial charge is 0.392 e. The maximum atomic E-state index is 9.28. The summed E-state index contributed by atoms with van der Waals surface area (Å²) in [6.45, 7) is 1.86. The molecule has 0 aliphatic rings. The van der Waals surface area contributed by atoms with Crippen molar-refractivity contribution in [2.24, 2.45) is 0 Å². The summed E-state index contributed by atoms with van der Waals surface area (Å²) in [6.07, 6.45) is 0.438. The number of hydrogen-bond donors (Lipinski definition) is 1. The molecule has 0 spiro atoms. The fourth-order valence-corrected chi connectivity index (χ4v) is 1.77. The number of nitriles is 1. The molecule has 4 heteroatoms. The van der Waals surface area contributed by atoms with E-state index in [0.717, 1.165) is 5.69 Å². The van der Waals surface area contributed by atoms with Crippen LogP contribution in [0.2, 0.25) is 5.02 Å². The molecule has 1 atom stereocenters. The minimum Gasteiger partial charge on any atom is -0.392 e. The zero-order valence-corrected chi connectivity index (χ0v) is 10.2. The molecule has 1 rings (SSSR count). The van der Waals surface area contributed by atoms with Crippen molar-refractivity contribution < 1.29 is 5.11 Å². The molecule has 1 unspecified atom stereocenters. The first kappa shape index (κ1) is 12.8. The maximum absolute atomic E-state index is 9.28. The second kappa shape index (κ2) is 5.74. The molecular formula is C12H15ClN2O. The van der Waals surface area contributed by atoms with Gasteiger partial charge in [-0.3, -0.25) is 0 Å². The molecule has 86 valence electrons. The van der Waals surface area contributed by atoms with E-state index in [-0.39, 0.29) is 12.6 Å². The van der Waals surface area contributed by atoms with Crippen molar-refractivity contribution in [2.75, 3.05) is 11.9 Å². The van der Waals surface area contributed by atoms with Gasteiger partial charge in [-0.1, -0.05) is 17.7 Å². The number of halogens is 1. The zero-order valence-electron chi connectivity index (χ0n) is 9.44. The predicted molar refractivity (Wildman–Crippen MR) is 65.5 cm³/mol. The van der Waals surface area contributed by atoms with Crippen LogP contribution in [0.1, 0.15) is 18.9 Å². The van der Waals surface area contributed by atoms with E-state index in [2.05, 4.69) is 6.07 Å². The Labute approximate surface area is 101 Å². The van der Waals surface area contributed by atoms with Gasteiger partial charge in [-0.2, -0.15) is 5.26 Å². The van der Waals surface area contributed by atoms with Crippen LogP contribution in [0.25, 0.3) is 0 Å². The minimum absolute atomic E-state index is 0.0915. The minimum atomic E-state index is -0.0986. The Morgan fingerprint density at radius 1 is 1.56 bits per heavy atom. The van der Waals surface area contributed by atoms with E-state index < -0.39 is 0 Å². The number of nitrogens with zero attached hydrogens (tertiary/aromatic N) is 2. The van der Waals surface area contributed by atoms with Crippen LogP contribution in [0.4, 0.5) is 5.69 Å².